The Bertz CT molecular complexity index is 909. The van der Waals surface area contributed by atoms with Gasteiger partial charge in [-0.15, -0.1) is 11.3 Å². The molecule has 1 saturated carbocycles. The van der Waals surface area contributed by atoms with E-state index >= 15 is 0 Å². The smallest absolute Gasteiger partial charge is 0.404 e. The second-order valence-electron chi connectivity index (χ2n) is 7.16. The van der Waals surface area contributed by atoms with Crippen molar-refractivity contribution in [2.45, 2.75) is 49.4 Å². The molecule has 1 heterocycles. The molecule has 8 heteroatoms. The number of para-hydroxylation sites is 1. The fourth-order valence-corrected chi connectivity index (χ4v) is 6.22. The van der Waals surface area contributed by atoms with Crippen LogP contribution < -0.4 is 5.32 Å². The van der Waals surface area contributed by atoms with E-state index < -0.39 is 15.9 Å². The number of hydrogen-bond donors (Lipinski definition) is 2. The van der Waals surface area contributed by atoms with Crippen LogP contribution in [-0.4, -0.2) is 36.4 Å². The predicted octanol–water partition coefficient (Wildman–Crippen LogP) is 4.23. The highest BCUT2D eigenvalue weighted by Crippen LogP contribution is 2.29. The van der Waals surface area contributed by atoms with Crippen LogP contribution in [0, 0.1) is 5.92 Å². The van der Waals surface area contributed by atoms with Crippen LogP contribution in [0.1, 0.15) is 39.0 Å². The number of nitrogens with zero attached hydrogens (tertiary/aromatic N) is 1. The molecule has 6 nitrogen and oxygen atoms in total. The van der Waals surface area contributed by atoms with E-state index in [-0.39, 0.29) is 16.1 Å². The van der Waals surface area contributed by atoms with Crippen molar-refractivity contribution < 1.29 is 18.3 Å². The van der Waals surface area contributed by atoms with Crippen molar-refractivity contribution in [3.8, 4) is 0 Å². The summed E-state index contributed by atoms with van der Waals surface area (Å²) in [5.41, 5.74) is 1.55. The molecule has 0 radical (unpaired) electrons. The molecule has 1 fully saturated rings. The summed E-state index contributed by atoms with van der Waals surface area (Å²) >= 11 is 1.22. The maximum absolute atomic E-state index is 12.7. The number of nitrogens with one attached hydrogen (secondary N) is 1. The van der Waals surface area contributed by atoms with Crippen molar-refractivity contribution >= 4 is 37.5 Å². The van der Waals surface area contributed by atoms with Crippen LogP contribution in [0.2, 0.25) is 0 Å². The quantitative estimate of drug-likeness (QED) is 0.697. The third-order valence-electron chi connectivity index (χ3n) is 4.93. The largest absolute Gasteiger partial charge is 0.465 e. The number of aromatic nitrogens is 1. The molecule has 0 saturated heterocycles. The summed E-state index contributed by atoms with van der Waals surface area (Å²) < 4.78 is 26.4. The van der Waals surface area contributed by atoms with Crippen molar-refractivity contribution in [3.05, 3.63) is 35.9 Å². The Morgan fingerprint density at radius 3 is 2.67 bits per heavy atom. The number of carbonyl (C=O) groups is 1. The number of carboxylic acid groups (broad SMARTS) is 1. The van der Waals surface area contributed by atoms with E-state index in [1.807, 2.05) is 37.3 Å². The molecule has 0 bridgehead atoms. The summed E-state index contributed by atoms with van der Waals surface area (Å²) in [5, 5.41) is 11.3. The van der Waals surface area contributed by atoms with Crippen LogP contribution in [0.3, 0.4) is 0 Å². The summed E-state index contributed by atoms with van der Waals surface area (Å²) in [4.78, 5) is 15.0. The Morgan fingerprint density at radius 1 is 1.30 bits per heavy atom. The van der Waals surface area contributed by atoms with Crippen LogP contribution in [0.5, 0.6) is 0 Å². The number of sulfone groups is 1. The standard InChI is InChI=1S/C19H24N2O4S2/c1-13(6-7-14-8-10-15(11-9-14)20-18(22)23)12-27(24,25)19-21-16-4-2-3-5-17(16)26-19/h2-6,14-15,20H,7-12H2,1H3,(H,22,23)/b13-6+. The molecule has 2 N–H and O–H groups in total. The van der Waals surface area contributed by atoms with Crippen LogP contribution in [-0.2, 0) is 9.84 Å². The molecule has 1 amide bonds. The third kappa shape index (κ3) is 5.29. The number of allylic oxidation sites excluding steroid dienone is 1. The van der Waals surface area contributed by atoms with Crippen molar-refractivity contribution in [2.24, 2.45) is 5.92 Å². The number of rotatable bonds is 6. The zero-order valence-electron chi connectivity index (χ0n) is 15.2. The normalized spacial score (nSPS) is 21.3. The van der Waals surface area contributed by atoms with Gasteiger partial charge in [0.15, 0.2) is 0 Å². The van der Waals surface area contributed by atoms with E-state index in [1.54, 1.807) is 0 Å². The number of thiazole rings is 1. The maximum Gasteiger partial charge on any atom is 0.404 e. The first-order valence-corrected chi connectivity index (χ1v) is 11.5. The van der Waals surface area contributed by atoms with E-state index in [1.165, 1.54) is 11.3 Å². The van der Waals surface area contributed by atoms with Crippen molar-refractivity contribution in [2.75, 3.05) is 5.75 Å². The van der Waals surface area contributed by atoms with E-state index in [9.17, 15) is 13.2 Å². The second kappa shape index (κ2) is 8.39. The van der Waals surface area contributed by atoms with Crippen LogP contribution in [0.25, 0.3) is 10.2 Å². The lowest BCUT2D eigenvalue weighted by molar-refractivity contribution is 0.182. The average molecular weight is 409 g/mol. The summed E-state index contributed by atoms with van der Waals surface area (Å²) in [6.07, 6.45) is 5.48. The van der Waals surface area contributed by atoms with Gasteiger partial charge in [0, 0.05) is 6.04 Å². The Kier molecular flexibility index (Phi) is 6.16. The first-order valence-electron chi connectivity index (χ1n) is 9.07. The molecule has 0 atom stereocenters. The molecular formula is C19H24N2O4S2. The Morgan fingerprint density at radius 2 is 2.00 bits per heavy atom. The molecule has 1 aromatic heterocycles. The van der Waals surface area contributed by atoms with E-state index in [4.69, 9.17) is 5.11 Å². The Labute approximate surface area is 163 Å². The number of amides is 1. The lowest BCUT2D eigenvalue weighted by Gasteiger charge is -2.27. The van der Waals surface area contributed by atoms with E-state index in [0.29, 0.717) is 5.92 Å². The lowest BCUT2D eigenvalue weighted by atomic mass is 9.84. The minimum absolute atomic E-state index is 0.0112. The van der Waals surface area contributed by atoms with Gasteiger partial charge >= 0.3 is 6.09 Å². The zero-order valence-corrected chi connectivity index (χ0v) is 16.9. The van der Waals surface area contributed by atoms with Gasteiger partial charge in [0.05, 0.1) is 16.0 Å². The van der Waals surface area contributed by atoms with Gasteiger partial charge in [-0.25, -0.2) is 18.2 Å². The Balaban J connectivity index is 1.56. The molecule has 0 aliphatic heterocycles. The van der Waals surface area contributed by atoms with Crippen molar-refractivity contribution in [1.82, 2.24) is 10.3 Å². The van der Waals surface area contributed by atoms with Gasteiger partial charge in [-0.1, -0.05) is 23.8 Å². The first-order chi connectivity index (χ1) is 12.8. The van der Waals surface area contributed by atoms with E-state index in [2.05, 4.69) is 10.3 Å². The zero-order chi connectivity index (χ0) is 19.4. The third-order valence-corrected chi connectivity index (χ3v) is 8.23. The molecule has 1 aromatic carbocycles. The summed E-state index contributed by atoms with van der Waals surface area (Å²) in [7, 11) is -3.43. The van der Waals surface area contributed by atoms with Gasteiger partial charge in [-0.2, -0.15) is 0 Å². The number of hydrogen-bond acceptors (Lipinski definition) is 5. The molecule has 2 aromatic rings. The van der Waals surface area contributed by atoms with Crippen LogP contribution >= 0.6 is 11.3 Å². The van der Waals surface area contributed by atoms with Crippen LogP contribution in [0.4, 0.5) is 4.79 Å². The van der Waals surface area contributed by atoms with Crippen molar-refractivity contribution in [3.63, 3.8) is 0 Å². The molecular weight excluding hydrogens is 384 g/mol. The van der Waals surface area contributed by atoms with Gasteiger partial charge in [-0.05, 0) is 57.1 Å². The molecule has 146 valence electrons. The van der Waals surface area contributed by atoms with Gasteiger partial charge < -0.3 is 10.4 Å². The SMILES string of the molecule is C/C(=C\CC1CCC(NC(=O)O)CC1)CS(=O)(=O)c1nc2ccccc2s1. The maximum atomic E-state index is 12.7. The summed E-state index contributed by atoms with van der Waals surface area (Å²) in [5.74, 6) is 0.472. The minimum Gasteiger partial charge on any atom is -0.465 e. The number of benzene rings is 1. The highest BCUT2D eigenvalue weighted by Gasteiger charge is 2.23. The molecule has 3 rings (SSSR count). The van der Waals surface area contributed by atoms with Gasteiger partial charge in [0.1, 0.15) is 0 Å². The molecule has 1 aliphatic carbocycles. The fourth-order valence-electron chi connectivity index (χ4n) is 3.49. The first kappa shape index (κ1) is 19.8. The highest BCUT2D eigenvalue weighted by atomic mass is 32.2. The molecule has 0 unspecified atom stereocenters. The lowest BCUT2D eigenvalue weighted by Crippen LogP contribution is -2.36. The Hall–Kier alpha value is -1.93. The van der Waals surface area contributed by atoms with Gasteiger partial charge in [0.2, 0.25) is 14.2 Å². The monoisotopic (exact) mass is 408 g/mol. The minimum atomic E-state index is -3.43. The van der Waals surface area contributed by atoms with E-state index in [0.717, 1.165) is 47.9 Å². The summed E-state index contributed by atoms with van der Waals surface area (Å²) in [6.45, 7) is 1.85. The topological polar surface area (TPSA) is 96.4 Å². The molecule has 27 heavy (non-hydrogen) atoms. The molecule has 1 aliphatic rings. The predicted molar refractivity (Wildman–Crippen MR) is 107 cm³/mol. The average Bonchev–Trinajstić information content (AvgIpc) is 3.05. The molecule has 0 spiro atoms. The highest BCUT2D eigenvalue weighted by molar-refractivity contribution is 7.93. The fraction of sp³-hybridized carbons (Fsp3) is 0.474. The summed E-state index contributed by atoms with van der Waals surface area (Å²) in [6, 6.07) is 7.48. The van der Waals surface area contributed by atoms with Crippen LogP contribution in [0.15, 0.2) is 40.3 Å². The number of fused-ring (bicyclic) bond motifs is 1. The van der Waals surface area contributed by atoms with Crippen molar-refractivity contribution in [1.29, 1.82) is 0 Å². The van der Waals surface area contributed by atoms with Gasteiger partial charge in [-0.3, -0.25) is 0 Å². The van der Waals surface area contributed by atoms with Gasteiger partial charge in [0.25, 0.3) is 0 Å². The second-order valence-corrected chi connectivity index (χ2v) is 10.4.